The Morgan fingerprint density at radius 1 is 0.946 bits per heavy atom. The van der Waals surface area contributed by atoms with Gasteiger partial charge in [-0.1, -0.05) is 62.4 Å². The number of hydrogen-bond donors (Lipinski definition) is 4. The van der Waals surface area contributed by atoms with Crippen LogP contribution in [0.2, 0.25) is 0 Å². The number of fused-ring (bicyclic) bond motifs is 5. The summed E-state index contributed by atoms with van der Waals surface area (Å²) in [5.74, 6) is -5.12. The minimum absolute atomic E-state index is 0.0957. The van der Waals surface area contributed by atoms with E-state index in [1.54, 1.807) is 69.3 Å². The predicted molar refractivity (Wildman–Crippen MR) is 197 cm³/mol. The Labute approximate surface area is 325 Å². The molecule has 1 aliphatic heterocycles. The molecule has 1 heterocycles. The van der Waals surface area contributed by atoms with Crippen molar-refractivity contribution < 1.29 is 63.0 Å². The van der Waals surface area contributed by atoms with E-state index in [1.807, 2.05) is 0 Å². The summed E-state index contributed by atoms with van der Waals surface area (Å²) in [4.78, 5) is 68.2. The summed E-state index contributed by atoms with van der Waals surface area (Å²) in [5.41, 5.74) is -5.79. The first kappa shape index (κ1) is 41.2. The summed E-state index contributed by atoms with van der Waals surface area (Å²) >= 11 is 0. The predicted octanol–water partition coefficient (Wildman–Crippen LogP) is 2.92. The molecular formula is C42H51NO13. The first-order valence-electron chi connectivity index (χ1n) is 18.8. The van der Waals surface area contributed by atoms with Crippen LogP contribution in [0, 0.1) is 16.7 Å². The van der Waals surface area contributed by atoms with Gasteiger partial charge in [0.1, 0.15) is 29.7 Å². The van der Waals surface area contributed by atoms with Gasteiger partial charge in [0.05, 0.1) is 41.8 Å². The van der Waals surface area contributed by atoms with Crippen molar-refractivity contribution in [2.24, 2.45) is 16.7 Å². The molecule has 0 unspecified atom stereocenters. The van der Waals surface area contributed by atoms with Crippen molar-refractivity contribution in [1.29, 1.82) is 0 Å². The molecule has 1 amide bonds. The van der Waals surface area contributed by atoms with Crippen molar-refractivity contribution in [2.45, 2.75) is 115 Å². The molecular weight excluding hydrogens is 726 g/mol. The Bertz CT molecular complexity index is 1900. The second-order valence-corrected chi connectivity index (χ2v) is 16.2. The van der Waals surface area contributed by atoms with Crippen LogP contribution in [-0.2, 0) is 42.9 Å². The Hall–Kier alpha value is -4.47. The summed E-state index contributed by atoms with van der Waals surface area (Å²) in [5, 5.41) is 39.6. The summed E-state index contributed by atoms with van der Waals surface area (Å²) in [7, 11) is 1.39. The maximum Gasteiger partial charge on any atom is 0.338 e. The van der Waals surface area contributed by atoms with Gasteiger partial charge in [-0.2, -0.15) is 0 Å². The lowest BCUT2D eigenvalue weighted by molar-refractivity contribution is -0.342. The third kappa shape index (κ3) is 6.64. The van der Waals surface area contributed by atoms with Gasteiger partial charge in [-0.3, -0.25) is 14.4 Å². The fraction of sp³-hybridized carbons (Fsp3) is 0.548. The van der Waals surface area contributed by atoms with E-state index < -0.39 is 107 Å². The summed E-state index contributed by atoms with van der Waals surface area (Å²) in [6.07, 6.45) is -9.16. The van der Waals surface area contributed by atoms with Crippen molar-refractivity contribution >= 4 is 29.6 Å². The van der Waals surface area contributed by atoms with Gasteiger partial charge in [-0.05, 0) is 42.7 Å². The largest absolute Gasteiger partial charge is 0.456 e. The number of methoxy groups -OCH3 is 1. The second kappa shape index (κ2) is 15.1. The summed E-state index contributed by atoms with van der Waals surface area (Å²) < 4.78 is 30.5. The van der Waals surface area contributed by atoms with Gasteiger partial charge in [-0.15, -0.1) is 0 Å². The van der Waals surface area contributed by atoms with Crippen LogP contribution in [0.3, 0.4) is 0 Å². The number of hydrogen-bond acceptors (Lipinski definition) is 13. The Kier molecular flexibility index (Phi) is 11.1. The lowest BCUT2D eigenvalue weighted by atomic mass is 9.48. The van der Waals surface area contributed by atoms with E-state index in [2.05, 4.69) is 5.32 Å². The quantitative estimate of drug-likeness (QED) is 0.165. The average Bonchev–Trinajstić information content (AvgIpc) is 3.16. The first-order valence-corrected chi connectivity index (χ1v) is 18.8. The molecule has 2 aromatic carbocycles. The van der Waals surface area contributed by atoms with E-state index >= 15 is 0 Å². The third-order valence-electron chi connectivity index (χ3n) is 12.8. The van der Waals surface area contributed by atoms with Gasteiger partial charge in [-0.25, -0.2) is 9.59 Å². The summed E-state index contributed by atoms with van der Waals surface area (Å²) in [6.45, 7) is 8.82. The molecule has 2 aromatic rings. The second-order valence-electron chi connectivity index (χ2n) is 16.2. The molecule has 3 aliphatic carbocycles. The monoisotopic (exact) mass is 777 g/mol. The lowest BCUT2D eigenvalue weighted by Crippen LogP contribution is -2.79. The van der Waals surface area contributed by atoms with Gasteiger partial charge in [0, 0.05) is 45.6 Å². The molecule has 2 bridgehead atoms. The van der Waals surface area contributed by atoms with Crippen LogP contribution in [0.1, 0.15) is 82.8 Å². The number of amides is 1. The van der Waals surface area contributed by atoms with Gasteiger partial charge in [0.25, 0.3) is 0 Å². The highest BCUT2D eigenvalue weighted by molar-refractivity contribution is 5.90. The number of Topliss-reactive ketones (excluding diaryl/α,β-unsaturated/α-hetero) is 1. The minimum Gasteiger partial charge on any atom is -0.456 e. The number of esters is 3. The van der Waals surface area contributed by atoms with Crippen LogP contribution in [-0.4, -0.2) is 106 Å². The molecule has 0 radical (unpaired) electrons. The molecule has 1 saturated heterocycles. The van der Waals surface area contributed by atoms with Crippen LogP contribution in [0.4, 0.5) is 0 Å². The van der Waals surface area contributed by atoms with E-state index in [0.717, 1.165) is 0 Å². The number of carbonyl (C=O) groups is 5. The van der Waals surface area contributed by atoms with Crippen molar-refractivity contribution in [3.8, 4) is 0 Å². The molecule has 6 rings (SSSR count). The zero-order chi connectivity index (χ0) is 41.0. The zero-order valence-corrected chi connectivity index (χ0v) is 32.6. The molecule has 4 aliphatic rings. The van der Waals surface area contributed by atoms with Crippen molar-refractivity contribution in [2.75, 3.05) is 13.7 Å². The number of carbonyl (C=O) groups excluding carboxylic acids is 5. The molecule has 14 heteroatoms. The Morgan fingerprint density at radius 2 is 1.57 bits per heavy atom. The van der Waals surface area contributed by atoms with Gasteiger partial charge >= 0.3 is 17.9 Å². The van der Waals surface area contributed by atoms with Crippen molar-refractivity contribution in [1.82, 2.24) is 5.32 Å². The Morgan fingerprint density at radius 3 is 2.12 bits per heavy atom. The van der Waals surface area contributed by atoms with Crippen LogP contribution in [0.25, 0.3) is 0 Å². The molecule has 0 spiro atoms. The molecule has 11 atom stereocenters. The normalized spacial score (nSPS) is 34.4. The van der Waals surface area contributed by atoms with Crippen LogP contribution in [0.15, 0.2) is 71.8 Å². The van der Waals surface area contributed by atoms with Crippen LogP contribution >= 0.6 is 0 Å². The fourth-order valence-electron chi connectivity index (χ4n) is 9.75. The van der Waals surface area contributed by atoms with E-state index in [1.165, 1.54) is 40.0 Å². The molecule has 4 N–H and O–H groups in total. The van der Waals surface area contributed by atoms with Crippen LogP contribution in [0.5, 0.6) is 0 Å². The number of aliphatic hydroxyl groups excluding tert-OH is 2. The number of nitrogens with one attached hydrogen (secondary N) is 1. The highest BCUT2D eigenvalue weighted by Crippen LogP contribution is 2.63. The average molecular weight is 778 g/mol. The number of benzene rings is 2. The van der Waals surface area contributed by atoms with E-state index in [9.17, 15) is 39.3 Å². The zero-order valence-electron chi connectivity index (χ0n) is 32.6. The maximum absolute atomic E-state index is 14.9. The van der Waals surface area contributed by atoms with E-state index in [0.29, 0.717) is 16.7 Å². The first-order chi connectivity index (χ1) is 26.3. The Balaban J connectivity index is 1.55. The van der Waals surface area contributed by atoms with E-state index in [-0.39, 0.29) is 25.0 Å². The lowest BCUT2D eigenvalue weighted by Gasteiger charge is -2.65. The maximum atomic E-state index is 14.9. The highest BCUT2D eigenvalue weighted by Gasteiger charge is 2.76. The van der Waals surface area contributed by atoms with Crippen molar-refractivity contribution in [3.05, 3.63) is 82.9 Å². The molecule has 302 valence electrons. The standard InChI is InChI=1S/C42H51NO13/c1-22-28(54-38(50)34(48)33(43-23(2)44)25-14-10-8-11-15-25)20-42(51)36(55-37(49)26-16-12-9-13-17-26)35-40(6,29(46)18-27(52-7)32(22)39(42,4)5)30(47)19-31-41(35,21-53-31)56-24(3)45/h8-17,27-28,30-31,33-36,47-48,51H,18-21H2,1-7H3,(H,43,44)/t27-,28-,30-,31+,33-,34+,35-,36-,40+,41-,42+/m0/s1. The molecule has 56 heavy (non-hydrogen) atoms. The molecule has 14 nitrogen and oxygen atoms in total. The number of aliphatic hydroxyl groups is 3. The van der Waals surface area contributed by atoms with E-state index in [4.69, 9.17) is 23.7 Å². The SMILES string of the molecule is CO[C@H]1CC(=O)[C@@]2(C)[C@H]([C@H](OC(=O)c3ccccc3)[C@]3(O)C[C@H](OC(=O)[C@H](O)[C@@H](NC(C)=O)c4ccccc4)C(C)=C1C3(C)C)[C@]1(OC(C)=O)CO[C@@H]1C[C@@H]2O. The summed E-state index contributed by atoms with van der Waals surface area (Å²) in [6, 6.07) is 15.2. The molecule has 0 aromatic heterocycles. The third-order valence-corrected chi connectivity index (χ3v) is 12.8. The highest BCUT2D eigenvalue weighted by atomic mass is 16.6. The smallest absolute Gasteiger partial charge is 0.338 e. The number of rotatable bonds is 9. The van der Waals surface area contributed by atoms with Crippen molar-refractivity contribution in [3.63, 3.8) is 0 Å². The minimum atomic E-state index is -2.25. The van der Waals surface area contributed by atoms with Gasteiger partial charge in [0.2, 0.25) is 5.91 Å². The van der Waals surface area contributed by atoms with Gasteiger partial charge in [0.15, 0.2) is 11.7 Å². The van der Waals surface area contributed by atoms with Gasteiger partial charge < -0.3 is 44.3 Å². The topological polar surface area (TPSA) is 204 Å². The molecule has 2 saturated carbocycles. The number of ketones is 1. The number of ether oxygens (including phenoxy) is 5. The fourth-order valence-corrected chi connectivity index (χ4v) is 9.75. The van der Waals surface area contributed by atoms with Crippen LogP contribution < -0.4 is 5.32 Å². The molecule has 3 fully saturated rings.